The first kappa shape index (κ1) is 16.6. The number of nitrogens with two attached hydrogens (primary N) is 1. The molecule has 0 aromatic carbocycles. The highest BCUT2D eigenvalue weighted by Crippen LogP contribution is 2.23. The topological polar surface area (TPSA) is 124 Å². The number of hydrogen-bond donors (Lipinski definition) is 2. The van der Waals surface area contributed by atoms with Crippen molar-refractivity contribution >= 4 is 21.7 Å². The predicted octanol–water partition coefficient (Wildman–Crippen LogP) is 0.349. The molecule has 8 nitrogen and oxygen atoms in total. The van der Waals surface area contributed by atoms with Gasteiger partial charge >= 0.3 is 0 Å². The highest BCUT2D eigenvalue weighted by Gasteiger charge is 2.24. The van der Waals surface area contributed by atoms with Crippen molar-refractivity contribution in [2.75, 3.05) is 18.7 Å². The number of carbonyl (C=O) groups excluding carboxylic acids is 1. The Morgan fingerprint density at radius 1 is 1.36 bits per heavy atom. The van der Waals surface area contributed by atoms with Gasteiger partial charge in [-0.3, -0.25) is 4.79 Å². The number of amides is 1. The highest BCUT2D eigenvalue weighted by atomic mass is 32.2. The van der Waals surface area contributed by atoms with Crippen molar-refractivity contribution in [1.29, 1.82) is 0 Å². The third-order valence-corrected chi connectivity index (χ3v) is 4.72. The number of anilines is 1. The van der Waals surface area contributed by atoms with Crippen LogP contribution in [0.15, 0.2) is 11.2 Å². The third-order valence-electron chi connectivity index (χ3n) is 3.71. The number of ether oxygens (including phenoxy) is 1. The minimum atomic E-state index is -3.67. The van der Waals surface area contributed by atoms with Gasteiger partial charge in [0.25, 0.3) is 5.91 Å². The zero-order valence-electron chi connectivity index (χ0n) is 12.6. The summed E-state index contributed by atoms with van der Waals surface area (Å²) in [5.74, 6) is -0.682. The Bertz CT molecular complexity index is 654. The van der Waals surface area contributed by atoms with Crippen LogP contribution in [0, 0.1) is 0 Å². The minimum absolute atomic E-state index is 0.151. The van der Waals surface area contributed by atoms with Crippen molar-refractivity contribution in [1.82, 2.24) is 9.97 Å². The van der Waals surface area contributed by atoms with E-state index >= 15 is 0 Å². The zero-order chi connectivity index (χ0) is 16.3. The first-order valence-corrected chi connectivity index (χ1v) is 8.86. The van der Waals surface area contributed by atoms with Crippen LogP contribution in [0.2, 0.25) is 0 Å². The van der Waals surface area contributed by atoms with E-state index < -0.39 is 15.7 Å². The van der Waals surface area contributed by atoms with Crippen molar-refractivity contribution < 1.29 is 17.9 Å². The van der Waals surface area contributed by atoms with E-state index in [1.165, 1.54) is 0 Å². The molecule has 1 aromatic rings. The van der Waals surface area contributed by atoms with Gasteiger partial charge in [-0.15, -0.1) is 0 Å². The van der Waals surface area contributed by atoms with Gasteiger partial charge in [-0.05, 0) is 25.7 Å². The summed E-state index contributed by atoms with van der Waals surface area (Å²) in [5, 5.41) is 2.77. The van der Waals surface area contributed by atoms with Crippen LogP contribution in [0.1, 0.15) is 36.0 Å². The van der Waals surface area contributed by atoms with Crippen LogP contribution in [-0.2, 0) is 14.6 Å². The number of aromatic nitrogens is 2. The highest BCUT2D eigenvalue weighted by molar-refractivity contribution is 7.90. The molecule has 2 rings (SSSR count). The molecule has 0 aliphatic heterocycles. The molecular formula is C13H20N4O4S. The lowest BCUT2D eigenvalue weighted by atomic mass is 9.93. The quantitative estimate of drug-likeness (QED) is 0.747. The maximum atomic E-state index is 11.7. The number of hydrogen-bond acceptors (Lipinski definition) is 7. The van der Waals surface area contributed by atoms with Gasteiger partial charge in [0.15, 0.2) is 14.9 Å². The summed E-state index contributed by atoms with van der Waals surface area (Å²) in [6.45, 7) is 0. The van der Waals surface area contributed by atoms with Gasteiger partial charge in [-0.2, -0.15) is 0 Å². The van der Waals surface area contributed by atoms with Crippen LogP contribution in [-0.4, -0.2) is 49.8 Å². The van der Waals surface area contributed by atoms with Crippen LogP contribution in [0.4, 0.5) is 5.95 Å². The van der Waals surface area contributed by atoms with Gasteiger partial charge < -0.3 is 15.8 Å². The van der Waals surface area contributed by atoms with Crippen LogP contribution in [0.25, 0.3) is 0 Å². The lowest BCUT2D eigenvalue weighted by Crippen LogP contribution is -2.30. The van der Waals surface area contributed by atoms with E-state index in [0.29, 0.717) is 0 Å². The predicted molar refractivity (Wildman–Crippen MR) is 80.3 cm³/mol. The van der Waals surface area contributed by atoms with E-state index in [4.69, 9.17) is 10.5 Å². The van der Waals surface area contributed by atoms with E-state index in [2.05, 4.69) is 15.3 Å². The molecule has 0 saturated heterocycles. The molecule has 3 N–H and O–H groups in total. The fourth-order valence-electron chi connectivity index (χ4n) is 2.51. The molecule has 1 fully saturated rings. The van der Waals surface area contributed by atoms with Crippen LogP contribution >= 0.6 is 0 Å². The van der Waals surface area contributed by atoms with Crippen LogP contribution in [0.5, 0.6) is 0 Å². The number of primary amides is 1. The van der Waals surface area contributed by atoms with Gasteiger partial charge in [-0.25, -0.2) is 18.4 Å². The molecule has 0 bridgehead atoms. The smallest absolute Gasteiger partial charge is 0.253 e. The number of nitrogens with one attached hydrogen (secondary N) is 1. The van der Waals surface area contributed by atoms with Gasteiger partial charge in [0, 0.05) is 25.6 Å². The Morgan fingerprint density at radius 3 is 2.50 bits per heavy atom. The molecule has 1 saturated carbocycles. The second-order valence-electron chi connectivity index (χ2n) is 5.40. The van der Waals surface area contributed by atoms with Gasteiger partial charge in [0.05, 0.1) is 11.7 Å². The molecule has 1 aliphatic rings. The van der Waals surface area contributed by atoms with Gasteiger partial charge in [0.1, 0.15) is 0 Å². The SMILES string of the molecule is COC1CCC(Nc2ncc(C(N)=O)c(S(C)(=O)=O)n2)CC1. The fraction of sp³-hybridized carbons (Fsp3) is 0.615. The summed E-state index contributed by atoms with van der Waals surface area (Å²) in [6, 6.07) is 0.151. The molecule has 1 amide bonds. The normalized spacial score (nSPS) is 22.3. The Balaban J connectivity index is 2.18. The summed E-state index contributed by atoms with van der Waals surface area (Å²) in [7, 11) is -1.97. The van der Waals surface area contributed by atoms with Crippen molar-refractivity contribution in [3.8, 4) is 0 Å². The van der Waals surface area contributed by atoms with E-state index in [-0.39, 0.29) is 28.7 Å². The molecule has 9 heteroatoms. The van der Waals surface area contributed by atoms with E-state index in [9.17, 15) is 13.2 Å². The van der Waals surface area contributed by atoms with Gasteiger partial charge in [0.2, 0.25) is 5.95 Å². The maximum absolute atomic E-state index is 11.7. The number of carbonyl (C=O) groups is 1. The van der Waals surface area contributed by atoms with E-state index in [1.807, 2.05) is 0 Å². The summed E-state index contributed by atoms with van der Waals surface area (Å²) in [4.78, 5) is 19.2. The van der Waals surface area contributed by atoms with Crippen molar-refractivity contribution in [2.24, 2.45) is 5.73 Å². The largest absolute Gasteiger partial charge is 0.381 e. The van der Waals surface area contributed by atoms with E-state index in [0.717, 1.165) is 38.1 Å². The summed E-state index contributed by atoms with van der Waals surface area (Å²) < 4.78 is 28.8. The Hall–Kier alpha value is -1.74. The van der Waals surface area contributed by atoms with Crippen molar-refractivity contribution in [2.45, 2.75) is 42.9 Å². The molecule has 0 spiro atoms. The lowest BCUT2D eigenvalue weighted by molar-refractivity contribution is 0.0681. The first-order chi connectivity index (χ1) is 10.3. The summed E-state index contributed by atoms with van der Waals surface area (Å²) in [5.41, 5.74) is 4.96. The molecule has 122 valence electrons. The van der Waals surface area contributed by atoms with Crippen LogP contribution < -0.4 is 11.1 Å². The summed E-state index contributed by atoms with van der Waals surface area (Å²) >= 11 is 0. The minimum Gasteiger partial charge on any atom is -0.381 e. The summed E-state index contributed by atoms with van der Waals surface area (Å²) in [6.07, 6.45) is 6.01. The van der Waals surface area contributed by atoms with E-state index in [1.54, 1.807) is 7.11 Å². The molecule has 1 aliphatic carbocycles. The van der Waals surface area contributed by atoms with Crippen LogP contribution in [0.3, 0.4) is 0 Å². The third kappa shape index (κ3) is 3.92. The molecule has 22 heavy (non-hydrogen) atoms. The first-order valence-electron chi connectivity index (χ1n) is 6.97. The van der Waals surface area contributed by atoms with Gasteiger partial charge in [-0.1, -0.05) is 0 Å². The molecular weight excluding hydrogens is 308 g/mol. The number of rotatable bonds is 5. The number of methoxy groups -OCH3 is 1. The maximum Gasteiger partial charge on any atom is 0.253 e. The standard InChI is InChI=1S/C13H20N4O4S/c1-21-9-5-3-8(4-6-9)16-13-15-7-10(11(14)18)12(17-13)22(2,19)20/h7-9H,3-6H2,1-2H3,(H2,14,18)(H,15,16,17). The molecule has 1 aromatic heterocycles. The average molecular weight is 328 g/mol. The fourth-order valence-corrected chi connectivity index (χ4v) is 3.32. The molecule has 1 heterocycles. The monoisotopic (exact) mass is 328 g/mol. The average Bonchev–Trinajstić information content (AvgIpc) is 2.47. The molecule has 0 radical (unpaired) electrons. The second kappa shape index (κ2) is 6.57. The van der Waals surface area contributed by atoms with Crippen molar-refractivity contribution in [3.05, 3.63) is 11.8 Å². The number of sulfone groups is 1. The lowest BCUT2D eigenvalue weighted by Gasteiger charge is -2.28. The Morgan fingerprint density at radius 2 is 2.00 bits per heavy atom. The molecule has 0 unspecified atom stereocenters. The van der Waals surface area contributed by atoms with Crippen molar-refractivity contribution in [3.63, 3.8) is 0 Å². The number of nitrogens with zero attached hydrogens (tertiary/aromatic N) is 2. The Kier molecular flexibility index (Phi) is 4.97. The molecule has 0 atom stereocenters. The second-order valence-corrected chi connectivity index (χ2v) is 7.33. The zero-order valence-corrected chi connectivity index (χ0v) is 13.4. The Labute approximate surface area is 129 Å².